The van der Waals surface area contributed by atoms with Gasteiger partial charge in [-0.2, -0.15) is 0 Å². The van der Waals surface area contributed by atoms with Crippen LogP contribution in [0.3, 0.4) is 0 Å². The smallest absolute Gasteiger partial charge is 0.226 e. The first-order chi connectivity index (χ1) is 10.8. The van der Waals surface area contributed by atoms with Gasteiger partial charge in [0.05, 0.1) is 0 Å². The first-order valence-corrected chi connectivity index (χ1v) is 8.80. The molecule has 2 aliphatic carbocycles. The highest BCUT2D eigenvalue weighted by atomic mass is 32.1. The number of nitrogens with zero attached hydrogens (tertiary/aromatic N) is 2. The average Bonchev–Trinajstić information content (AvgIpc) is 3.45. The zero-order valence-electron chi connectivity index (χ0n) is 12.4. The highest BCUT2D eigenvalue weighted by Gasteiger charge is 2.42. The fourth-order valence-corrected chi connectivity index (χ4v) is 3.89. The molecular formula is C17H19N3OS. The van der Waals surface area contributed by atoms with Crippen LogP contribution in [-0.4, -0.2) is 16.1 Å². The largest absolute Gasteiger partial charge is 0.301 e. The number of nitrogens with one attached hydrogen (secondary N) is 1. The second-order valence-electron chi connectivity index (χ2n) is 6.37. The van der Waals surface area contributed by atoms with Crippen LogP contribution in [0.4, 0.5) is 5.13 Å². The Bertz CT molecular complexity index is 650. The molecule has 1 amide bonds. The molecule has 0 aliphatic heterocycles. The van der Waals surface area contributed by atoms with E-state index in [9.17, 15) is 4.79 Å². The van der Waals surface area contributed by atoms with E-state index in [1.54, 1.807) is 0 Å². The van der Waals surface area contributed by atoms with E-state index < -0.39 is 0 Å². The zero-order chi connectivity index (χ0) is 14.9. The van der Waals surface area contributed by atoms with Crippen molar-refractivity contribution in [1.82, 2.24) is 10.2 Å². The third-order valence-corrected chi connectivity index (χ3v) is 5.46. The molecule has 114 valence electrons. The van der Waals surface area contributed by atoms with Crippen molar-refractivity contribution >= 4 is 22.4 Å². The molecule has 1 aromatic heterocycles. The van der Waals surface area contributed by atoms with Gasteiger partial charge in [0, 0.05) is 12.0 Å². The van der Waals surface area contributed by atoms with Gasteiger partial charge in [0.2, 0.25) is 11.0 Å². The second kappa shape index (κ2) is 5.80. The zero-order valence-corrected chi connectivity index (χ0v) is 13.2. The van der Waals surface area contributed by atoms with Crippen molar-refractivity contribution in [2.45, 2.75) is 32.1 Å². The molecule has 2 saturated carbocycles. The Balaban J connectivity index is 1.38. The maximum Gasteiger partial charge on any atom is 0.226 e. The number of carbonyl (C=O) groups is 1. The highest BCUT2D eigenvalue weighted by Crippen LogP contribution is 2.50. The van der Waals surface area contributed by atoms with E-state index in [1.165, 1.54) is 37.0 Å². The van der Waals surface area contributed by atoms with Crippen molar-refractivity contribution in [2.24, 2.45) is 17.8 Å². The molecule has 0 radical (unpaired) electrons. The Kier molecular flexibility index (Phi) is 3.66. The minimum absolute atomic E-state index is 0.0968. The van der Waals surface area contributed by atoms with Gasteiger partial charge in [0.25, 0.3) is 0 Å². The number of anilines is 1. The molecule has 0 atom stereocenters. The summed E-state index contributed by atoms with van der Waals surface area (Å²) in [4.78, 5) is 12.3. The maximum atomic E-state index is 12.3. The Morgan fingerprint density at radius 2 is 1.82 bits per heavy atom. The number of rotatable bonds is 6. The summed E-state index contributed by atoms with van der Waals surface area (Å²) in [7, 11) is 0. The average molecular weight is 313 g/mol. The van der Waals surface area contributed by atoms with Crippen molar-refractivity contribution in [3.8, 4) is 10.6 Å². The third-order valence-electron chi connectivity index (χ3n) is 4.57. The van der Waals surface area contributed by atoms with Crippen molar-refractivity contribution in [3.63, 3.8) is 0 Å². The molecule has 2 fully saturated rings. The van der Waals surface area contributed by atoms with E-state index >= 15 is 0 Å². The fraction of sp³-hybridized carbons (Fsp3) is 0.471. The Morgan fingerprint density at radius 1 is 1.14 bits per heavy atom. The molecule has 4 nitrogen and oxygen atoms in total. The Hall–Kier alpha value is -1.75. The number of carbonyl (C=O) groups excluding carboxylic acids is 1. The lowest BCUT2D eigenvalue weighted by Crippen LogP contribution is -2.19. The van der Waals surface area contributed by atoms with Crippen LogP contribution in [0.2, 0.25) is 0 Å². The van der Waals surface area contributed by atoms with Gasteiger partial charge in [0.15, 0.2) is 0 Å². The summed E-state index contributed by atoms with van der Waals surface area (Å²) in [5.41, 5.74) is 1.04. The van der Waals surface area contributed by atoms with Gasteiger partial charge in [-0.1, -0.05) is 41.7 Å². The lowest BCUT2D eigenvalue weighted by Gasteiger charge is -2.13. The van der Waals surface area contributed by atoms with Crippen molar-refractivity contribution in [2.75, 3.05) is 5.32 Å². The van der Waals surface area contributed by atoms with Crippen LogP contribution in [0.5, 0.6) is 0 Å². The predicted octanol–water partition coefficient (Wildman–Crippen LogP) is 3.97. The summed E-state index contributed by atoms with van der Waals surface area (Å²) in [5, 5.41) is 12.6. The van der Waals surface area contributed by atoms with Crippen LogP contribution in [-0.2, 0) is 4.79 Å². The molecule has 1 aromatic carbocycles. The highest BCUT2D eigenvalue weighted by molar-refractivity contribution is 7.18. The lowest BCUT2D eigenvalue weighted by molar-refractivity contribution is -0.117. The molecule has 0 unspecified atom stereocenters. The number of hydrogen-bond donors (Lipinski definition) is 1. The monoisotopic (exact) mass is 313 g/mol. The number of benzene rings is 1. The Morgan fingerprint density at radius 3 is 2.45 bits per heavy atom. The topological polar surface area (TPSA) is 54.9 Å². The summed E-state index contributed by atoms with van der Waals surface area (Å²) in [6.45, 7) is 0. The maximum absolute atomic E-state index is 12.3. The van der Waals surface area contributed by atoms with Crippen molar-refractivity contribution in [3.05, 3.63) is 30.3 Å². The van der Waals surface area contributed by atoms with Crippen molar-refractivity contribution < 1.29 is 4.79 Å². The standard InChI is InChI=1S/C17H19N3OS/c21-15(10-14(11-6-7-11)12-8-9-12)18-17-20-19-16(22-17)13-4-2-1-3-5-13/h1-5,11-12,14H,6-10H2,(H,18,20,21). The Labute approximate surface area is 134 Å². The molecule has 1 N–H and O–H groups in total. The van der Waals surface area contributed by atoms with E-state index in [1.807, 2.05) is 30.3 Å². The summed E-state index contributed by atoms with van der Waals surface area (Å²) in [6, 6.07) is 9.93. The van der Waals surface area contributed by atoms with Crippen LogP contribution < -0.4 is 5.32 Å². The normalized spacial score (nSPS) is 17.7. The molecule has 2 aliphatic rings. The molecule has 2 aromatic rings. The molecule has 4 rings (SSSR count). The van der Waals surface area contributed by atoms with Crippen LogP contribution in [0.1, 0.15) is 32.1 Å². The van der Waals surface area contributed by atoms with E-state index in [0.717, 1.165) is 22.4 Å². The van der Waals surface area contributed by atoms with Gasteiger partial charge in [0.1, 0.15) is 5.01 Å². The van der Waals surface area contributed by atoms with Gasteiger partial charge < -0.3 is 5.32 Å². The molecule has 0 saturated heterocycles. The first-order valence-electron chi connectivity index (χ1n) is 7.98. The summed E-state index contributed by atoms with van der Waals surface area (Å²) in [5.74, 6) is 2.29. The molecule has 22 heavy (non-hydrogen) atoms. The summed E-state index contributed by atoms with van der Waals surface area (Å²) >= 11 is 1.44. The number of aromatic nitrogens is 2. The van der Waals surface area contributed by atoms with Crippen LogP contribution in [0.15, 0.2) is 30.3 Å². The number of hydrogen-bond acceptors (Lipinski definition) is 4. The molecule has 0 spiro atoms. The first kappa shape index (κ1) is 13.9. The molecule has 0 bridgehead atoms. The quantitative estimate of drug-likeness (QED) is 0.878. The minimum Gasteiger partial charge on any atom is -0.301 e. The van der Waals surface area contributed by atoms with Gasteiger partial charge >= 0.3 is 0 Å². The van der Waals surface area contributed by atoms with Crippen LogP contribution >= 0.6 is 11.3 Å². The second-order valence-corrected chi connectivity index (χ2v) is 7.35. The summed E-state index contributed by atoms with van der Waals surface area (Å²) in [6.07, 6.45) is 5.89. The minimum atomic E-state index is 0.0968. The van der Waals surface area contributed by atoms with Gasteiger partial charge in [-0.05, 0) is 43.4 Å². The van der Waals surface area contributed by atoms with Crippen LogP contribution in [0, 0.1) is 17.8 Å². The van der Waals surface area contributed by atoms with Crippen molar-refractivity contribution in [1.29, 1.82) is 0 Å². The summed E-state index contributed by atoms with van der Waals surface area (Å²) < 4.78 is 0. The van der Waals surface area contributed by atoms with E-state index in [0.29, 0.717) is 17.5 Å². The van der Waals surface area contributed by atoms with E-state index in [4.69, 9.17) is 0 Å². The molecule has 1 heterocycles. The molecular weight excluding hydrogens is 294 g/mol. The lowest BCUT2D eigenvalue weighted by atomic mass is 9.94. The third kappa shape index (κ3) is 3.19. The number of amides is 1. The van der Waals surface area contributed by atoms with Gasteiger partial charge in [-0.3, -0.25) is 4.79 Å². The fourth-order valence-electron chi connectivity index (χ4n) is 3.12. The van der Waals surface area contributed by atoms with Gasteiger partial charge in [-0.15, -0.1) is 10.2 Å². The SMILES string of the molecule is O=C(CC(C1CC1)C1CC1)Nc1nnc(-c2ccccc2)s1. The van der Waals surface area contributed by atoms with Gasteiger partial charge in [-0.25, -0.2) is 0 Å². The van der Waals surface area contributed by atoms with E-state index in [-0.39, 0.29) is 5.91 Å². The molecule has 5 heteroatoms. The van der Waals surface area contributed by atoms with E-state index in [2.05, 4.69) is 15.5 Å². The van der Waals surface area contributed by atoms with Crippen LogP contribution in [0.25, 0.3) is 10.6 Å². The predicted molar refractivity (Wildman–Crippen MR) is 87.5 cm³/mol.